The molecular weight excluding hydrogens is 493 g/mol. The first-order chi connectivity index (χ1) is 16.0. The van der Waals surface area contributed by atoms with Gasteiger partial charge in [-0.15, -0.1) is 0 Å². The number of carbonyl (C=O) groups is 1. The summed E-state index contributed by atoms with van der Waals surface area (Å²) >= 11 is 6.06. The molecule has 0 aromatic heterocycles. The van der Waals surface area contributed by atoms with E-state index in [1.807, 2.05) is 0 Å². The van der Waals surface area contributed by atoms with Crippen molar-refractivity contribution in [3.63, 3.8) is 0 Å². The van der Waals surface area contributed by atoms with E-state index >= 15 is 0 Å². The van der Waals surface area contributed by atoms with Crippen LogP contribution in [0.15, 0.2) is 77.7 Å². The molecule has 3 aromatic carbocycles. The average molecular weight is 513 g/mol. The number of amides is 1. The Kier molecular flexibility index (Phi) is 7.73. The van der Waals surface area contributed by atoms with Crippen molar-refractivity contribution in [1.29, 1.82) is 0 Å². The van der Waals surface area contributed by atoms with Gasteiger partial charge < -0.3 is 10.1 Å². The van der Waals surface area contributed by atoms with Gasteiger partial charge in [0.05, 0.1) is 15.5 Å². The van der Waals surface area contributed by atoms with Gasteiger partial charge in [-0.2, -0.15) is 13.2 Å². The lowest BCUT2D eigenvalue weighted by Crippen LogP contribution is -2.32. The van der Waals surface area contributed by atoms with E-state index in [-0.39, 0.29) is 10.6 Å². The minimum absolute atomic E-state index is 0.192. The lowest BCUT2D eigenvalue weighted by atomic mass is 10.2. The molecule has 0 aliphatic heterocycles. The van der Waals surface area contributed by atoms with Crippen LogP contribution in [-0.2, 0) is 21.0 Å². The molecule has 0 fully saturated rings. The number of halogens is 4. The van der Waals surface area contributed by atoms with Crippen LogP contribution >= 0.6 is 11.6 Å². The third kappa shape index (κ3) is 6.42. The Balaban J connectivity index is 1.69. The first-order valence-corrected chi connectivity index (χ1v) is 11.9. The molecule has 1 atom stereocenters. The highest BCUT2D eigenvalue weighted by molar-refractivity contribution is 7.92. The molecule has 0 spiro atoms. The van der Waals surface area contributed by atoms with Crippen LogP contribution in [0.2, 0.25) is 5.02 Å². The molecule has 3 rings (SSSR count). The second-order valence-corrected chi connectivity index (χ2v) is 9.23. The summed E-state index contributed by atoms with van der Waals surface area (Å²) in [7, 11) is -4.16. The fraction of sp³-hybridized carbons (Fsp3) is 0.174. The zero-order valence-corrected chi connectivity index (χ0v) is 19.3. The maximum absolute atomic E-state index is 12.9. The van der Waals surface area contributed by atoms with Crippen LogP contribution in [0.4, 0.5) is 24.5 Å². The zero-order chi connectivity index (χ0) is 24.9. The molecule has 180 valence electrons. The summed E-state index contributed by atoms with van der Waals surface area (Å²) in [5, 5.41) is 3.00. The summed E-state index contributed by atoms with van der Waals surface area (Å²) in [6, 6.07) is 15.8. The minimum Gasteiger partial charge on any atom is -0.479 e. The predicted molar refractivity (Wildman–Crippen MR) is 123 cm³/mol. The number of benzene rings is 3. The van der Waals surface area contributed by atoms with Crippen LogP contribution in [0.1, 0.15) is 18.9 Å². The molecule has 0 aliphatic carbocycles. The fourth-order valence-electron chi connectivity index (χ4n) is 2.93. The number of nitrogens with one attached hydrogen (secondary N) is 2. The van der Waals surface area contributed by atoms with E-state index in [4.69, 9.17) is 16.3 Å². The van der Waals surface area contributed by atoms with Crippen LogP contribution < -0.4 is 14.8 Å². The van der Waals surface area contributed by atoms with E-state index < -0.39 is 33.8 Å². The van der Waals surface area contributed by atoms with Gasteiger partial charge in [-0.1, -0.05) is 36.7 Å². The first kappa shape index (κ1) is 25.4. The highest BCUT2D eigenvalue weighted by Crippen LogP contribution is 2.31. The van der Waals surface area contributed by atoms with Crippen molar-refractivity contribution < 1.29 is 31.1 Å². The molecule has 0 unspecified atom stereocenters. The van der Waals surface area contributed by atoms with Crippen molar-refractivity contribution in [2.75, 3.05) is 10.0 Å². The summed E-state index contributed by atoms with van der Waals surface area (Å²) in [5.74, 6) is -0.103. The summed E-state index contributed by atoms with van der Waals surface area (Å²) < 4.78 is 71.6. The largest absolute Gasteiger partial charge is 0.479 e. The average Bonchev–Trinajstić information content (AvgIpc) is 2.78. The summed E-state index contributed by atoms with van der Waals surface area (Å²) in [6.07, 6.45) is -5.09. The normalized spacial score (nSPS) is 12.6. The van der Waals surface area contributed by atoms with E-state index in [1.54, 1.807) is 31.2 Å². The van der Waals surface area contributed by atoms with E-state index in [0.29, 0.717) is 28.9 Å². The van der Waals surface area contributed by atoms with E-state index in [2.05, 4.69) is 10.0 Å². The number of hydrogen-bond acceptors (Lipinski definition) is 4. The highest BCUT2D eigenvalue weighted by atomic mass is 35.5. The van der Waals surface area contributed by atoms with Gasteiger partial charge in [-0.25, -0.2) is 8.42 Å². The van der Waals surface area contributed by atoms with Crippen LogP contribution in [0.3, 0.4) is 0 Å². The van der Waals surface area contributed by atoms with Gasteiger partial charge in [0.15, 0.2) is 6.10 Å². The molecule has 0 saturated heterocycles. The first-order valence-electron chi connectivity index (χ1n) is 10.0. The molecule has 1 amide bonds. The van der Waals surface area contributed by atoms with E-state index in [9.17, 15) is 26.4 Å². The zero-order valence-electron chi connectivity index (χ0n) is 17.8. The number of alkyl halides is 3. The monoisotopic (exact) mass is 512 g/mol. The maximum Gasteiger partial charge on any atom is 0.416 e. The Morgan fingerprint density at radius 2 is 1.68 bits per heavy atom. The molecule has 0 aliphatic rings. The number of rotatable bonds is 8. The van der Waals surface area contributed by atoms with Crippen LogP contribution in [0, 0.1) is 0 Å². The Morgan fingerprint density at radius 3 is 2.29 bits per heavy atom. The molecular formula is C23H20ClF3N2O4S. The van der Waals surface area contributed by atoms with Gasteiger partial charge in [0.25, 0.3) is 15.9 Å². The topological polar surface area (TPSA) is 84.5 Å². The molecule has 0 heterocycles. The number of carbonyl (C=O) groups excluding carboxylic acids is 1. The number of hydrogen-bond donors (Lipinski definition) is 2. The molecule has 34 heavy (non-hydrogen) atoms. The second kappa shape index (κ2) is 10.4. The Bertz CT molecular complexity index is 1270. The van der Waals surface area contributed by atoms with Crippen molar-refractivity contribution in [1.82, 2.24) is 0 Å². The molecule has 2 N–H and O–H groups in total. The van der Waals surface area contributed by atoms with Gasteiger partial charge in [-0.05, 0) is 61.0 Å². The lowest BCUT2D eigenvalue weighted by molar-refractivity contribution is -0.137. The molecule has 0 bridgehead atoms. The van der Waals surface area contributed by atoms with Crippen molar-refractivity contribution >= 4 is 38.9 Å². The predicted octanol–water partition coefficient (Wildman–Crippen LogP) is 5.96. The van der Waals surface area contributed by atoms with Gasteiger partial charge in [0.1, 0.15) is 5.75 Å². The third-order valence-electron chi connectivity index (χ3n) is 4.64. The fourth-order valence-corrected chi connectivity index (χ4v) is 4.16. The van der Waals surface area contributed by atoms with E-state index in [1.165, 1.54) is 30.3 Å². The Hall–Kier alpha value is -3.24. The SMILES string of the molecule is CC[C@@H](Oc1ccccc1Cl)C(=O)Nc1ccc(S(=O)(=O)Nc2cccc(C(F)(F)F)c2)cc1. The molecule has 6 nitrogen and oxygen atoms in total. The van der Waals surface area contributed by atoms with Gasteiger partial charge >= 0.3 is 6.18 Å². The standard InChI is InChI=1S/C23H20ClF3N2O4S/c1-2-20(33-21-9-4-3-8-19(21)24)22(30)28-16-10-12-18(13-11-16)34(31,32)29-17-7-5-6-15(14-17)23(25,26)27/h3-14,20,29H,2H2,1H3,(H,28,30)/t20-/m1/s1. The molecule has 0 radical (unpaired) electrons. The number of sulfonamides is 1. The number of ether oxygens (including phenoxy) is 1. The number of para-hydroxylation sites is 1. The molecule has 0 saturated carbocycles. The Labute approximate surface area is 199 Å². The Morgan fingerprint density at radius 1 is 1.00 bits per heavy atom. The van der Waals surface area contributed by atoms with Crippen molar-refractivity contribution in [2.45, 2.75) is 30.5 Å². The second-order valence-electron chi connectivity index (χ2n) is 7.14. The number of anilines is 2. The van der Waals surface area contributed by atoms with Crippen LogP contribution in [0.5, 0.6) is 5.75 Å². The van der Waals surface area contributed by atoms with Crippen molar-refractivity contribution in [3.05, 3.63) is 83.4 Å². The van der Waals surface area contributed by atoms with Crippen molar-refractivity contribution in [3.8, 4) is 5.75 Å². The lowest BCUT2D eigenvalue weighted by Gasteiger charge is -2.18. The highest BCUT2D eigenvalue weighted by Gasteiger charge is 2.30. The quantitative estimate of drug-likeness (QED) is 0.390. The third-order valence-corrected chi connectivity index (χ3v) is 6.35. The summed E-state index contributed by atoms with van der Waals surface area (Å²) in [6.45, 7) is 1.76. The van der Waals surface area contributed by atoms with Gasteiger partial charge in [0, 0.05) is 11.4 Å². The van der Waals surface area contributed by atoms with Crippen LogP contribution in [0.25, 0.3) is 0 Å². The van der Waals surface area contributed by atoms with Gasteiger partial charge in [0.2, 0.25) is 0 Å². The molecule has 3 aromatic rings. The summed E-state index contributed by atoms with van der Waals surface area (Å²) in [4.78, 5) is 12.4. The smallest absolute Gasteiger partial charge is 0.416 e. The summed E-state index contributed by atoms with van der Waals surface area (Å²) in [5.41, 5.74) is -0.894. The van der Waals surface area contributed by atoms with Crippen LogP contribution in [-0.4, -0.2) is 20.4 Å². The maximum atomic E-state index is 12.9. The van der Waals surface area contributed by atoms with Gasteiger partial charge in [-0.3, -0.25) is 9.52 Å². The minimum atomic E-state index is -4.60. The van der Waals surface area contributed by atoms with E-state index in [0.717, 1.165) is 12.1 Å². The molecule has 11 heteroatoms. The van der Waals surface area contributed by atoms with Crippen molar-refractivity contribution in [2.24, 2.45) is 0 Å².